The third kappa shape index (κ3) is 6.78. The number of rotatable bonds is 9. The first-order valence-electron chi connectivity index (χ1n) is 7.98. The molecule has 0 bridgehead atoms. The molecule has 0 fully saturated rings. The fourth-order valence-corrected chi connectivity index (χ4v) is 2.08. The SMILES string of the molecule is O=C(CCC(=O)Oc1ccccc1C(=O)O)Oc1ccc(CON(O)O)cc1. The number of para-hydroxylation sites is 1. The van der Waals surface area contributed by atoms with Gasteiger partial charge in [-0.25, -0.2) is 9.63 Å². The Kier molecular flexibility index (Phi) is 7.60. The van der Waals surface area contributed by atoms with Crippen molar-refractivity contribution >= 4 is 17.9 Å². The van der Waals surface area contributed by atoms with Crippen LogP contribution in [-0.2, 0) is 21.0 Å². The molecule has 0 saturated carbocycles. The van der Waals surface area contributed by atoms with E-state index >= 15 is 0 Å². The van der Waals surface area contributed by atoms with Crippen molar-refractivity contribution in [1.29, 1.82) is 0 Å². The number of carboxylic acid groups (broad SMARTS) is 1. The standard InChI is InChI=1S/C18H17NO9/c20-16(27-13-7-5-12(6-8-13)11-26-19(24)25)9-10-17(21)28-15-4-2-1-3-14(15)18(22)23/h1-8,24-25H,9-11H2,(H,22,23). The van der Waals surface area contributed by atoms with Gasteiger partial charge in [-0.05, 0) is 29.8 Å². The van der Waals surface area contributed by atoms with E-state index in [-0.39, 0.29) is 36.5 Å². The highest BCUT2D eigenvalue weighted by atomic mass is 17.1. The van der Waals surface area contributed by atoms with Gasteiger partial charge in [-0.3, -0.25) is 20.0 Å². The van der Waals surface area contributed by atoms with Crippen LogP contribution in [0.15, 0.2) is 48.5 Å². The number of carboxylic acids is 1. The van der Waals surface area contributed by atoms with E-state index in [9.17, 15) is 14.4 Å². The number of hydrogen-bond acceptors (Lipinski definition) is 9. The summed E-state index contributed by atoms with van der Waals surface area (Å²) in [5, 5.41) is 25.5. The van der Waals surface area contributed by atoms with Gasteiger partial charge < -0.3 is 14.6 Å². The maximum absolute atomic E-state index is 11.8. The van der Waals surface area contributed by atoms with Gasteiger partial charge in [-0.1, -0.05) is 24.3 Å². The molecule has 0 spiro atoms. The lowest BCUT2D eigenvalue weighted by Crippen LogP contribution is -2.15. The Morgan fingerprint density at radius 3 is 2.07 bits per heavy atom. The maximum Gasteiger partial charge on any atom is 0.339 e. The Hall–Kier alpha value is -3.31. The van der Waals surface area contributed by atoms with E-state index in [2.05, 4.69) is 4.84 Å². The molecule has 0 heterocycles. The number of carbonyl (C=O) groups is 3. The molecule has 10 nitrogen and oxygen atoms in total. The van der Waals surface area contributed by atoms with Crippen LogP contribution >= 0.6 is 0 Å². The molecule has 2 rings (SSSR count). The van der Waals surface area contributed by atoms with Crippen LogP contribution in [0, 0.1) is 0 Å². The van der Waals surface area contributed by atoms with Gasteiger partial charge >= 0.3 is 17.9 Å². The zero-order valence-electron chi connectivity index (χ0n) is 14.5. The van der Waals surface area contributed by atoms with Gasteiger partial charge in [0.25, 0.3) is 0 Å². The van der Waals surface area contributed by atoms with Crippen molar-refractivity contribution in [3.05, 3.63) is 59.7 Å². The molecule has 0 aliphatic carbocycles. The van der Waals surface area contributed by atoms with E-state index < -0.39 is 23.3 Å². The summed E-state index contributed by atoms with van der Waals surface area (Å²) in [6, 6.07) is 11.7. The van der Waals surface area contributed by atoms with Gasteiger partial charge in [-0.2, -0.15) is 0 Å². The topological polar surface area (TPSA) is 143 Å². The zero-order chi connectivity index (χ0) is 20.5. The summed E-state index contributed by atoms with van der Waals surface area (Å²) in [6.45, 7) is -0.106. The zero-order valence-corrected chi connectivity index (χ0v) is 14.5. The van der Waals surface area contributed by atoms with E-state index in [1.807, 2.05) is 0 Å². The smallest absolute Gasteiger partial charge is 0.339 e. The van der Waals surface area contributed by atoms with Crippen molar-refractivity contribution in [2.24, 2.45) is 0 Å². The molecule has 148 valence electrons. The normalized spacial score (nSPS) is 10.5. The minimum Gasteiger partial charge on any atom is -0.478 e. The van der Waals surface area contributed by atoms with Gasteiger partial charge in [0.1, 0.15) is 17.1 Å². The fraction of sp³-hybridized carbons (Fsp3) is 0.167. The monoisotopic (exact) mass is 391 g/mol. The van der Waals surface area contributed by atoms with Crippen LogP contribution in [0.2, 0.25) is 0 Å². The minimum atomic E-state index is -1.23. The lowest BCUT2D eigenvalue weighted by atomic mass is 10.2. The summed E-state index contributed by atoms with van der Waals surface area (Å²) >= 11 is 0. The Morgan fingerprint density at radius 2 is 1.46 bits per heavy atom. The average molecular weight is 391 g/mol. The average Bonchev–Trinajstić information content (AvgIpc) is 2.66. The molecule has 0 radical (unpaired) electrons. The van der Waals surface area contributed by atoms with Crippen LogP contribution in [-0.4, -0.2) is 38.8 Å². The van der Waals surface area contributed by atoms with Crippen molar-refractivity contribution in [2.75, 3.05) is 0 Å². The van der Waals surface area contributed by atoms with Crippen LogP contribution < -0.4 is 9.47 Å². The van der Waals surface area contributed by atoms with Crippen molar-refractivity contribution in [1.82, 2.24) is 5.39 Å². The van der Waals surface area contributed by atoms with Gasteiger partial charge in [0, 0.05) is 0 Å². The van der Waals surface area contributed by atoms with Crippen LogP contribution in [0.5, 0.6) is 11.5 Å². The van der Waals surface area contributed by atoms with Crippen LogP contribution in [0.4, 0.5) is 0 Å². The number of esters is 2. The number of hydrogen-bond donors (Lipinski definition) is 3. The molecule has 0 saturated heterocycles. The molecule has 0 aliphatic heterocycles. The number of benzene rings is 2. The second-order valence-corrected chi connectivity index (χ2v) is 5.42. The molecule has 28 heavy (non-hydrogen) atoms. The van der Waals surface area contributed by atoms with E-state index in [0.717, 1.165) is 0 Å². The minimum absolute atomic E-state index is 0.101. The van der Waals surface area contributed by atoms with Crippen molar-refractivity contribution < 1.29 is 44.2 Å². The van der Waals surface area contributed by atoms with Crippen molar-refractivity contribution in [3.8, 4) is 11.5 Å². The summed E-state index contributed by atoms with van der Waals surface area (Å²) in [4.78, 5) is 39.2. The van der Waals surface area contributed by atoms with Gasteiger partial charge in [0.05, 0.1) is 24.8 Å². The summed E-state index contributed by atoms with van der Waals surface area (Å²) in [5.74, 6) is -2.55. The molecule has 2 aromatic rings. The molecule has 0 aliphatic rings. The second-order valence-electron chi connectivity index (χ2n) is 5.42. The summed E-state index contributed by atoms with van der Waals surface area (Å²) in [5.41, 5.74) is 0.432. The number of nitrogens with zero attached hydrogens (tertiary/aromatic N) is 1. The third-order valence-electron chi connectivity index (χ3n) is 3.38. The molecule has 0 aromatic heterocycles. The van der Waals surface area contributed by atoms with Gasteiger partial charge in [0.15, 0.2) is 0 Å². The van der Waals surface area contributed by atoms with Crippen molar-refractivity contribution in [2.45, 2.75) is 19.4 Å². The quantitative estimate of drug-likeness (QED) is 0.330. The van der Waals surface area contributed by atoms with E-state index in [1.165, 1.54) is 36.4 Å². The predicted octanol–water partition coefficient (Wildman–Crippen LogP) is 2.19. The largest absolute Gasteiger partial charge is 0.478 e. The summed E-state index contributed by atoms with van der Waals surface area (Å²) in [6.07, 6.45) is -0.551. The highest BCUT2D eigenvalue weighted by molar-refractivity contribution is 5.92. The van der Waals surface area contributed by atoms with Crippen LogP contribution in [0.1, 0.15) is 28.8 Å². The molecule has 0 atom stereocenters. The van der Waals surface area contributed by atoms with Gasteiger partial charge in [-0.15, -0.1) is 0 Å². The Labute approximate surface area is 159 Å². The van der Waals surface area contributed by atoms with Crippen LogP contribution in [0.3, 0.4) is 0 Å². The highest BCUT2D eigenvalue weighted by Gasteiger charge is 2.15. The fourth-order valence-electron chi connectivity index (χ4n) is 2.08. The molecule has 3 N–H and O–H groups in total. The molecule has 10 heteroatoms. The number of aromatic carboxylic acids is 1. The van der Waals surface area contributed by atoms with E-state index in [1.54, 1.807) is 12.1 Å². The third-order valence-corrected chi connectivity index (χ3v) is 3.38. The Morgan fingerprint density at radius 1 is 0.857 bits per heavy atom. The van der Waals surface area contributed by atoms with Crippen molar-refractivity contribution in [3.63, 3.8) is 0 Å². The summed E-state index contributed by atoms with van der Waals surface area (Å²) in [7, 11) is 0. The Balaban J connectivity index is 1.80. The number of carbonyl (C=O) groups excluding carboxylic acids is 2. The first-order chi connectivity index (χ1) is 13.3. The molecule has 2 aromatic carbocycles. The molecule has 0 amide bonds. The lowest BCUT2D eigenvalue weighted by molar-refractivity contribution is -0.497. The predicted molar refractivity (Wildman–Crippen MR) is 90.5 cm³/mol. The Bertz CT molecular complexity index is 833. The highest BCUT2D eigenvalue weighted by Crippen LogP contribution is 2.19. The number of ether oxygens (including phenoxy) is 2. The van der Waals surface area contributed by atoms with Crippen LogP contribution in [0.25, 0.3) is 0 Å². The molecule has 0 unspecified atom stereocenters. The second kappa shape index (κ2) is 10.1. The first-order valence-corrected chi connectivity index (χ1v) is 7.98. The van der Waals surface area contributed by atoms with Gasteiger partial charge in [0.2, 0.25) is 0 Å². The van der Waals surface area contributed by atoms with E-state index in [0.29, 0.717) is 5.56 Å². The maximum atomic E-state index is 11.8. The molecular formula is C18H17NO9. The van der Waals surface area contributed by atoms with E-state index in [4.69, 9.17) is 25.0 Å². The lowest BCUT2D eigenvalue weighted by Gasteiger charge is -2.08. The molecular weight excluding hydrogens is 374 g/mol. The first kappa shape index (κ1) is 21.0. The summed E-state index contributed by atoms with van der Waals surface area (Å²) < 4.78 is 10.0.